The topological polar surface area (TPSA) is 55.1 Å². The van der Waals surface area contributed by atoms with Gasteiger partial charge in [0.25, 0.3) is 0 Å². The van der Waals surface area contributed by atoms with Gasteiger partial charge in [0.1, 0.15) is 0 Å². The maximum absolute atomic E-state index is 13.3. The molecule has 1 aliphatic carbocycles. The van der Waals surface area contributed by atoms with Crippen molar-refractivity contribution < 1.29 is 13.6 Å². The number of nitrogens with one attached hydrogen (secondary N) is 1. The van der Waals surface area contributed by atoms with Crippen LogP contribution >= 0.6 is 0 Å². The van der Waals surface area contributed by atoms with Crippen LogP contribution in [0.25, 0.3) is 0 Å². The van der Waals surface area contributed by atoms with Crippen molar-refractivity contribution in [2.24, 2.45) is 17.6 Å². The molecule has 2 unspecified atom stereocenters. The SMILES string of the molecule is CC(C)C(C)(CN)NC(=O)C1CCCC(F)(F)C1. The fourth-order valence-corrected chi connectivity index (χ4v) is 2.21. The molecule has 0 saturated heterocycles. The van der Waals surface area contributed by atoms with Gasteiger partial charge in [0.15, 0.2) is 0 Å². The quantitative estimate of drug-likeness (QED) is 0.816. The van der Waals surface area contributed by atoms with Crippen LogP contribution in [0.15, 0.2) is 0 Å². The summed E-state index contributed by atoms with van der Waals surface area (Å²) in [5.74, 6) is -3.40. The number of nitrogens with two attached hydrogens (primary N) is 1. The molecule has 2 atom stereocenters. The lowest BCUT2D eigenvalue weighted by atomic mass is 9.83. The van der Waals surface area contributed by atoms with Gasteiger partial charge >= 0.3 is 0 Å². The third kappa shape index (κ3) is 3.64. The molecular weight excluding hydrogens is 238 g/mol. The fourth-order valence-electron chi connectivity index (χ4n) is 2.21. The zero-order valence-corrected chi connectivity index (χ0v) is 11.4. The molecule has 3 N–H and O–H groups in total. The molecule has 1 amide bonds. The van der Waals surface area contributed by atoms with E-state index in [0.717, 1.165) is 0 Å². The number of halogens is 2. The van der Waals surface area contributed by atoms with Crippen LogP contribution in [0.1, 0.15) is 46.5 Å². The van der Waals surface area contributed by atoms with Crippen molar-refractivity contribution >= 4 is 5.91 Å². The summed E-state index contributed by atoms with van der Waals surface area (Å²) in [4.78, 5) is 12.1. The summed E-state index contributed by atoms with van der Waals surface area (Å²) < 4.78 is 26.6. The molecular formula is C13H24F2N2O. The summed E-state index contributed by atoms with van der Waals surface area (Å²) in [5.41, 5.74) is 5.15. The maximum atomic E-state index is 13.3. The van der Waals surface area contributed by atoms with Crippen LogP contribution in [0.5, 0.6) is 0 Å². The average molecular weight is 262 g/mol. The Morgan fingerprint density at radius 1 is 1.56 bits per heavy atom. The van der Waals surface area contributed by atoms with E-state index in [0.29, 0.717) is 19.4 Å². The minimum atomic E-state index is -2.70. The first-order valence-electron chi connectivity index (χ1n) is 6.60. The molecule has 0 bridgehead atoms. The summed E-state index contributed by atoms with van der Waals surface area (Å²) >= 11 is 0. The normalized spacial score (nSPS) is 26.7. The molecule has 1 saturated carbocycles. The second kappa shape index (κ2) is 5.51. The molecule has 1 rings (SSSR count). The Balaban J connectivity index is 2.65. The second-order valence-electron chi connectivity index (χ2n) is 5.91. The molecule has 0 radical (unpaired) electrons. The van der Waals surface area contributed by atoms with Crippen LogP contribution in [0.3, 0.4) is 0 Å². The zero-order valence-electron chi connectivity index (χ0n) is 11.4. The number of alkyl halides is 2. The molecule has 1 fully saturated rings. The first-order valence-corrected chi connectivity index (χ1v) is 6.60. The van der Waals surface area contributed by atoms with Crippen molar-refractivity contribution in [3.63, 3.8) is 0 Å². The van der Waals surface area contributed by atoms with Crippen LogP contribution in [-0.4, -0.2) is 23.9 Å². The zero-order chi connectivity index (χ0) is 14.0. The molecule has 18 heavy (non-hydrogen) atoms. The van der Waals surface area contributed by atoms with Gasteiger partial charge in [0.05, 0.1) is 5.54 Å². The molecule has 0 aromatic rings. The summed E-state index contributed by atoms with van der Waals surface area (Å²) in [5, 5.41) is 2.85. The van der Waals surface area contributed by atoms with Crippen molar-refractivity contribution in [3.8, 4) is 0 Å². The molecule has 0 aliphatic heterocycles. The monoisotopic (exact) mass is 262 g/mol. The second-order valence-corrected chi connectivity index (χ2v) is 5.91. The van der Waals surface area contributed by atoms with Crippen molar-refractivity contribution in [1.82, 2.24) is 5.32 Å². The predicted octanol–water partition coefficient (Wildman–Crippen LogP) is 2.30. The average Bonchev–Trinajstić information content (AvgIpc) is 2.27. The number of hydrogen-bond acceptors (Lipinski definition) is 2. The van der Waals surface area contributed by atoms with Crippen molar-refractivity contribution in [2.45, 2.75) is 57.9 Å². The summed E-state index contributed by atoms with van der Waals surface area (Å²) in [7, 11) is 0. The molecule has 106 valence electrons. The molecule has 5 heteroatoms. The Hall–Kier alpha value is -0.710. The minimum Gasteiger partial charge on any atom is -0.349 e. The first-order chi connectivity index (χ1) is 8.20. The highest BCUT2D eigenvalue weighted by Gasteiger charge is 2.40. The van der Waals surface area contributed by atoms with Crippen molar-refractivity contribution in [1.29, 1.82) is 0 Å². The Bertz CT molecular complexity index is 307. The largest absolute Gasteiger partial charge is 0.349 e. The molecule has 3 nitrogen and oxygen atoms in total. The van der Waals surface area contributed by atoms with Crippen molar-refractivity contribution in [3.05, 3.63) is 0 Å². The highest BCUT2D eigenvalue weighted by molar-refractivity contribution is 5.79. The third-order valence-electron chi connectivity index (χ3n) is 4.12. The Labute approximate surface area is 107 Å². The maximum Gasteiger partial charge on any atom is 0.248 e. The van der Waals surface area contributed by atoms with E-state index in [1.807, 2.05) is 20.8 Å². The van der Waals surface area contributed by atoms with E-state index in [1.165, 1.54) is 0 Å². The summed E-state index contributed by atoms with van der Waals surface area (Å²) in [6, 6.07) is 0. The molecule has 0 heterocycles. The highest BCUT2D eigenvalue weighted by atomic mass is 19.3. The third-order valence-corrected chi connectivity index (χ3v) is 4.12. The fraction of sp³-hybridized carbons (Fsp3) is 0.923. The van der Waals surface area contributed by atoms with E-state index in [-0.39, 0.29) is 24.7 Å². The number of amides is 1. The van der Waals surface area contributed by atoms with Crippen LogP contribution < -0.4 is 11.1 Å². The Kier molecular flexibility index (Phi) is 4.70. The summed E-state index contributed by atoms with van der Waals surface area (Å²) in [6.45, 7) is 6.08. The number of carbonyl (C=O) groups excluding carboxylic acids is 1. The van der Waals surface area contributed by atoms with Crippen LogP contribution in [0.4, 0.5) is 8.78 Å². The van der Waals surface area contributed by atoms with E-state index < -0.39 is 17.4 Å². The van der Waals surface area contributed by atoms with Gasteiger partial charge in [-0.3, -0.25) is 4.79 Å². The molecule has 0 aromatic carbocycles. The van der Waals surface area contributed by atoms with Crippen LogP contribution in [0, 0.1) is 11.8 Å². The van der Waals surface area contributed by atoms with E-state index in [2.05, 4.69) is 5.32 Å². The Morgan fingerprint density at radius 3 is 2.61 bits per heavy atom. The molecule has 1 aliphatic rings. The summed E-state index contributed by atoms with van der Waals surface area (Å²) in [6.07, 6.45) is 0.513. The number of rotatable bonds is 4. The van der Waals surface area contributed by atoms with Gasteiger partial charge in [-0.15, -0.1) is 0 Å². The minimum absolute atomic E-state index is 0.102. The van der Waals surface area contributed by atoms with Gasteiger partial charge in [-0.25, -0.2) is 8.78 Å². The number of hydrogen-bond donors (Lipinski definition) is 2. The van der Waals surface area contributed by atoms with Gasteiger partial charge in [-0.2, -0.15) is 0 Å². The smallest absolute Gasteiger partial charge is 0.248 e. The lowest BCUT2D eigenvalue weighted by molar-refractivity contribution is -0.134. The van der Waals surface area contributed by atoms with E-state index >= 15 is 0 Å². The molecule has 0 spiro atoms. The van der Waals surface area contributed by atoms with Crippen molar-refractivity contribution in [2.75, 3.05) is 6.54 Å². The van der Waals surface area contributed by atoms with E-state index in [4.69, 9.17) is 5.73 Å². The van der Waals surface area contributed by atoms with Gasteiger partial charge in [0.2, 0.25) is 11.8 Å². The van der Waals surface area contributed by atoms with Gasteiger partial charge in [-0.1, -0.05) is 13.8 Å². The lowest BCUT2D eigenvalue weighted by Gasteiger charge is -2.36. The van der Waals surface area contributed by atoms with Crippen LogP contribution in [0.2, 0.25) is 0 Å². The highest BCUT2D eigenvalue weighted by Crippen LogP contribution is 2.37. The van der Waals surface area contributed by atoms with E-state index in [9.17, 15) is 13.6 Å². The van der Waals surface area contributed by atoms with Crippen LogP contribution in [-0.2, 0) is 4.79 Å². The lowest BCUT2D eigenvalue weighted by Crippen LogP contribution is -2.57. The van der Waals surface area contributed by atoms with Gasteiger partial charge < -0.3 is 11.1 Å². The van der Waals surface area contributed by atoms with Gasteiger partial charge in [-0.05, 0) is 25.7 Å². The molecule has 0 aromatic heterocycles. The first kappa shape index (κ1) is 15.3. The standard InChI is InChI=1S/C13H24F2N2O/c1-9(2)12(3,8-16)17-11(18)10-5-4-6-13(14,15)7-10/h9-10H,4-8,16H2,1-3H3,(H,17,18). The number of carbonyl (C=O) groups is 1. The Morgan fingerprint density at radius 2 is 2.17 bits per heavy atom. The van der Waals surface area contributed by atoms with E-state index in [1.54, 1.807) is 0 Å². The predicted molar refractivity (Wildman–Crippen MR) is 67.3 cm³/mol. The van der Waals surface area contributed by atoms with Gasteiger partial charge in [0, 0.05) is 25.3 Å².